The molecule has 2 rings (SSSR count). The molecule has 0 saturated carbocycles. The summed E-state index contributed by atoms with van der Waals surface area (Å²) in [6.45, 7) is 8.43. The third-order valence-corrected chi connectivity index (χ3v) is 5.27. The monoisotopic (exact) mass is 300 g/mol. The highest BCUT2D eigenvalue weighted by molar-refractivity contribution is 7.89. The summed E-state index contributed by atoms with van der Waals surface area (Å²) in [6.07, 6.45) is 3.59. The first-order valence-electron chi connectivity index (χ1n) is 7.21. The maximum absolute atomic E-state index is 12.4. The first kappa shape index (κ1) is 15.5. The third kappa shape index (κ3) is 3.39. The zero-order valence-electron chi connectivity index (χ0n) is 12.4. The Morgan fingerprint density at radius 3 is 2.95 bits per heavy atom. The molecule has 1 aromatic rings. The van der Waals surface area contributed by atoms with Gasteiger partial charge in [0.1, 0.15) is 5.82 Å². The summed E-state index contributed by atoms with van der Waals surface area (Å²) in [5, 5.41) is 3.38. The summed E-state index contributed by atoms with van der Waals surface area (Å²) >= 11 is 0. The molecule has 2 atom stereocenters. The largest absolute Gasteiger partial charge is 0.334 e. The lowest BCUT2D eigenvalue weighted by molar-refractivity contribution is 0.443. The lowest BCUT2D eigenvalue weighted by Gasteiger charge is -2.18. The fourth-order valence-corrected chi connectivity index (χ4v) is 3.90. The lowest BCUT2D eigenvalue weighted by atomic mass is 10.0. The van der Waals surface area contributed by atoms with Crippen molar-refractivity contribution < 1.29 is 8.42 Å². The minimum absolute atomic E-state index is 0.0772. The van der Waals surface area contributed by atoms with Gasteiger partial charge in [-0.2, -0.15) is 0 Å². The molecule has 0 aromatic carbocycles. The Labute approximate surface area is 121 Å². The summed E-state index contributed by atoms with van der Waals surface area (Å²) < 4.78 is 29.4. The smallest absolute Gasteiger partial charge is 0.259 e. The minimum atomic E-state index is -3.53. The first-order chi connectivity index (χ1) is 9.44. The van der Waals surface area contributed by atoms with E-state index in [0.717, 1.165) is 38.3 Å². The van der Waals surface area contributed by atoms with Crippen LogP contribution in [0.3, 0.4) is 0 Å². The molecular weight excluding hydrogens is 276 g/mol. The van der Waals surface area contributed by atoms with Crippen LogP contribution < -0.4 is 10.0 Å². The van der Waals surface area contributed by atoms with Gasteiger partial charge >= 0.3 is 0 Å². The van der Waals surface area contributed by atoms with E-state index in [9.17, 15) is 8.42 Å². The predicted octanol–water partition coefficient (Wildman–Crippen LogP) is 0.878. The molecule has 0 aliphatic carbocycles. The number of nitrogens with zero attached hydrogens (tertiary/aromatic N) is 2. The molecule has 1 aromatic heterocycles. The van der Waals surface area contributed by atoms with E-state index in [2.05, 4.69) is 21.9 Å². The van der Waals surface area contributed by atoms with E-state index >= 15 is 0 Å². The number of rotatable bonds is 6. The van der Waals surface area contributed by atoms with Gasteiger partial charge in [0.25, 0.3) is 10.0 Å². The molecule has 1 aliphatic rings. The SMILES string of the molecule is CCCn1cc(S(=O)(=O)NC(C)C2CCNC2)nc1C. The van der Waals surface area contributed by atoms with Crippen LogP contribution in [0.1, 0.15) is 32.5 Å². The maximum atomic E-state index is 12.4. The summed E-state index contributed by atoms with van der Waals surface area (Å²) in [4.78, 5) is 4.18. The topological polar surface area (TPSA) is 76.0 Å². The molecule has 0 spiro atoms. The Hall–Kier alpha value is -0.920. The molecule has 1 fully saturated rings. The second-order valence-corrected chi connectivity index (χ2v) is 7.14. The molecule has 6 nitrogen and oxygen atoms in total. The number of hydrogen-bond donors (Lipinski definition) is 2. The van der Waals surface area contributed by atoms with Crippen molar-refractivity contribution in [2.24, 2.45) is 5.92 Å². The molecule has 0 bridgehead atoms. The summed E-state index contributed by atoms with van der Waals surface area (Å²) in [5.74, 6) is 1.09. The first-order valence-corrected chi connectivity index (χ1v) is 8.69. The van der Waals surface area contributed by atoms with E-state index < -0.39 is 10.0 Å². The number of aromatic nitrogens is 2. The average Bonchev–Trinajstić information content (AvgIpc) is 3.00. The highest BCUT2D eigenvalue weighted by Gasteiger charge is 2.27. The Balaban J connectivity index is 2.11. The Morgan fingerprint density at radius 1 is 1.60 bits per heavy atom. The number of imidazole rings is 1. The van der Waals surface area contributed by atoms with Crippen LogP contribution in [0.4, 0.5) is 0 Å². The van der Waals surface area contributed by atoms with E-state index in [4.69, 9.17) is 0 Å². The van der Waals surface area contributed by atoms with Gasteiger partial charge in [0.05, 0.1) is 0 Å². The molecule has 114 valence electrons. The minimum Gasteiger partial charge on any atom is -0.334 e. The highest BCUT2D eigenvalue weighted by Crippen LogP contribution is 2.16. The molecule has 0 amide bonds. The van der Waals surface area contributed by atoms with Crippen LogP contribution in [0.25, 0.3) is 0 Å². The van der Waals surface area contributed by atoms with E-state index in [1.807, 2.05) is 18.4 Å². The second kappa shape index (κ2) is 6.24. The number of aryl methyl sites for hydroxylation is 2. The molecule has 1 saturated heterocycles. The van der Waals surface area contributed by atoms with Crippen molar-refractivity contribution in [1.82, 2.24) is 19.6 Å². The summed E-state index contributed by atoms with van der Waals surface area (Å²) in [6, 6.07) is -0.0772. The Bertz CT molecular complexity index is 547. The van der Waals surface area contributed by atoms with E-state index in [1.54, 1.807) is 6.20 Å². The van der Waals surface area contributed by atoms with Crippen molar-refractivity contribution in [2.45, 2.75) is 51.2 Å². The van der Waals surface area contributed by atoms with Crippen molar-refractivity contribution in [3.63, 3.8) is 0 Å². The molecule has 1 aliphatic heterocycles. The van der Waals surface area contributed by atoms with Crippen molar-refractivity contribution in [1.29, 1.82) is 0 Å². The van der Waals surface area contributed by atoms with Crippen LogP contribution in [0.15, 0.2) is 11.2 Å². The molecule has 2 N–H and O–H groups in total. The normalized spacial score (nSPS) is 21.2. The average molecular weight is 300 g/mol. The van der Waals surface area contributed by atoms with Crippen LogP contribution in [0.5, 0.6) is 0 Å². The van der Waals surface area contributed by atoms with Gasteiger partial charge in [0.15, 0.2) is 5.03 Å². The summed E-state index contributed by atoms with van der Waals surface area (Å²) in [7, 11) is -3.53. The number of nitrogens with one attached hydrogen (secondary N) is 2. The molecule has 2 heterocycles. The van der Waals surface area contributed by atoms with Crippen LogP contribution >= 0.6 is 0 Å². The Kier molecular flexibility index (Phi) is 4.82. The highest BCUT2D eigenvalue weighted by atomic mass is 32.2. The van der Waals surface area contributed by atoms with Gasteiger partial charge in [0, 0.05) is 18.8 Å². The fraction of sp³-hybridized carbons (Fsp3) is 0.769. The van der Waals surface area contributed by atoms with Crippen molar-refractivity contribution in [3.05, 3.63) is 12.0 Å². The van der Waals surface area contributed by atoms with Gasteiger partial charge in [-0.1, -0.05) is 6.92 Å². The molecule has 2 unspecified atom stereocenters. The fourth-order valence-electron chi connectivity index (χ4n) is 2.58. The zero-order valence-corrected chi connectivity index (χ0v) is 13.2. The third-order valence-electron chi connectivity index (χ3n) is 3.84. The lowest BCUT2D eigenvalue weighted by Crippen LogP contribution is -2.39. The second-order valence-electron chi connectivity index (χ2n) is 5.48. The van der Waals surface area contributed by atoms with Gasteiger partial charge in [0.2, 0.25) is 0 Å². The van der Waals surface area contributed by atoms with Gasteiger partial charge in [-0.3, -0.25) is 0 Å². The van der Waals surface area contributed by atoms with Crippen molar-refractivity contribution in [2.75, 3.05) is 13.1 Å². The maximum Gasteiger partial charge on any atom is 0.259 e. The predicted molar refractivity (Wildman–Crippen MR) is 78.0 cm³/mol. The quantitative estimate of drug-likeness (QED) is 0.817. The van der Waals surface area contributed by atoms with Crippen molar-refractivity contribution in [3.8, 4) is 0 Å². The zero-order chi connectivity index (χ0) is 14.8. The van der Waals surface area contributed by atoms with Crippen molar-refractivity contribution >= 4 is 10.0 Å². The van der Waals surface area contributed by atoms with Crippen LogP contribution in [-0.4, -0.2) is 37.1 Å². The van der Waals surface area contributed by atoms with E-state index in [0.29, 0.717) is 5.92 Å². The summed E-state index contributed by atoms with van der Waals surface area (Å²) in [5.41, 5.74) is 0. The van der Waals surface area contributed by atoms with Gasteiger partial charge in [-0.25, -0.2) is 18.1 Å². The Morgan fingerprint density at radius 2 is 2.35 bits per heavy atom. The molecular formula is C13H24N4O2S. The van der Waals surface area contributed by atoms with Gasteiger partial charge < -0.3 is 9.88 Å². The van der Waals surface area contributed by atoms with Crippen LogP contribution in [-0.2, 0) is 16.6 Å². The van der Waals surface area contributed by atoms with E-state index in [1.165, 1.54) is 0 Å². The number of sulfonamides is 1. The van der Waals surface area contributed by atoms with Gasteiger partial charge in [-0.15, -0.1) is 0 Å². The van der Waals surface area contributed by atoms with Gasteiger partial charge in [-0.05, 0) is 45.7 Å². The van der Waals surface area contributed by atoms with Crippen LogP contribution in [0.2, 0.25) is 0 Å². The molecule has 20 heavy (non-hydrogen) atoms. The molecule has 0 radical (unpaired) electrons. The van der Waals surface area contributed by atoms with Crippen LogP contribution in [0, 0.1) is 12.8 Å². The number of hydrogen-bond acceptors (Lipinski definition) is 4. The van der Waals surface area contributed by atoms with E-state index in [-0.39, 0.29) is 11.1 Å². The molecule has 7 heteroatoms. The standard InChI is InChI=1S/C13H24N4O2S/c1-4-7-17-9-13(15-11(17)3)20(18,19)16-10(2)12-5-6-14-8-12/h9-10,12,14,16H,4-8H2,1-3H3.